The van der Waals surface area contributed by atoms with E-state index in [0.29, 0.717) is 11.5 Å². The number of nitrogens with zero attached hydrogens (tertiary/aromatic N) is 4. The highest BCUT2D eigenvalue weighted by Crippen LogP contribution is 2.25. The second-order valence-corrected chi connectivity index (χ2v) is 8.13. The smallest absolute Gasteiger partial charge is 0.378 e. The molecule has 1 amide bonds. The van der Waals surface area contributed by atoms with Crippen LogP contribution in [-0.4, -0.2) is 52.4 Å². The van der Waals surface area contributed by atoms with Crippen LogP contribution < -0.4 is 4.90 Å². The van der Waals surface area contributed by atoms with Gasteiger partial charge < -0.3 is 9.47 Å². The minimum atomic E-state index is -0.852. The third-order valence-corrected chi connectivity index (χ3v) is 5.69. The number of carbonyl (C=O) groups is 3. The highest BCUT2D eigenvalue weighted by atomic mass is 32.1. The number of thiophene rings is 1. The van der Waals surface area contributed by atoms with Gasteiger partial charge in [-0.2, -0.15) is 4.98 Å². The second-order valence-electron chi connectivity index (χ2n) is 7.18. The van der Waals surface area contributed by atoms with E-state index in [1.54, 1.807) is 41.9 Å². The van der Waals surface area contributed by atoms with Crippen LogP contribution in [0.2, 0.25) is 0 Å². The van der Waals surface area contributed by atoms with Crippen molar-refractivity contribution in [1.29, 1.82) is 0 Å². The first kappa shape index (κ1) is 23.8. The summed E-state index contributed by atoms with van der Waals surface area (Å²) in [5.41, 5.74) is 1.20. The van der Waals surface area contributed by atoms with Gasteiger partial charge in [-0.15, -0.1) is 16.4 Å². The molecule has 0 atom stereocenters. The van der Waals surface area contributed by atoms with E-state index in [1.807, 2.05) is 47.8 Å². The zero-order valence-corrected chi connectivity index (χ0v) is 19.7. The molecule has 4 rings (SSSR count). The molecule has 0 aliphatic carbocycles. The van der Waals surface area contributed by atoms with Gasteiger partial charge in [0, 0.05) is 5.69 Å². The lowest BCUT2D eigenvalue weighted by Gasteiger charge is -2.21. The van der Waals surface area contributed by atoms with Gasteiger partial charge in [0.2, 0.25) is 0 Å². The summed E-state index contributed by atoms with van der Waals surface area (Å²) >= 11 is 1.46. The maximum Gasteiger partial charge on any atom is 0.378 e. The number of amides is 1. The molecule has 0 N–H and O–H groups in total. The van der Waals surface area contributed by atoms with E-state index >= 15 is 0 Å². The summed E-state index contributed by atoms with van der Waals surface area (Å²) in [4.78, 5) is 44.1. The van der Waals surface area contributed by atoms with Gasteiger partial charge in [-0.25, -0.2) is 9.48 Å². The van der Waals surface area contributed by atoms with E-state index in [2.05, 4.69) is 10.1 Å². The number of hydrogen-bond acceptors (Lipinski definition) is 8. The molecule has 0 aliphatic heterocycles. The van der Waals surface area contributed by atoms with Crippen molar-refractivity contribution in [3.05, 3.63) is 84.0 Å². The van der Waals surface area contributed by atoms with E-state index in [4.69, 9.17) is 9.47 Å². The van der Waals surface area contributed by atoms with Gasteiger partial charge >= 0.3 is 11.9 Å². The van der Waals surface area contributed by atoms with Crippen LogP contribution in [0, 0.1) is 0 Å². The third kappa shape index (κ3) is 5.79. The second kappa shape index (κ2) is 11.2. The average molecular weight is 491 g/mol. The maximum atomic E-state index is 12.9. The van der Waals surface area contributed by atoms with Crippen molar-refractivity contribution in [2.45, 2.75) is 6.92 Å². The number of para-hydroxylation sites is 2. The lowest BCUT2D eigenvalue weighted by molar-refractivity contribution is -0.142. The molecule has 0 spiro atoms. The molecule has 178 valence electrons. The lowest BCUT2D eigenvalue weighted by atomic mass is 10.3. The number of benzene rings is 2. The van der Waals surface area contributed by atoms with Gasteiger partial charge in [0.05, 0.1) is 17.2 Å². The molecule has 0 unspecified atom stereocenters. The zero-order chi connectivity index (χ0) is 24.6. The molecule has 0 bridgehead atoms. The first-order valence-corrected chi connectivity index (χ1v) is 11.7. The quantitative estimate of drug-likeness (QED) is 0.329. The molecule has 0 aliphatic rings. The van der Waals surface area contributed by atoms with Gasteiger partial charge in [0.15, 0.2) is 12.4 Å². The van der Waals surface area contributed by atoms with Crippen LogP contribution in [0.5, 0.6) is 0 Å². The Labute approximate surface area is 205 Å². The first-order valence-electron chi connectivity index (χ1n) is 10.8. The fourth-order valence-corrected chi connectivity index (χ4v) is 3.95. The van der Waals surface area contributed by atoms with Crippen LogP contribution in [0.25, 0.3) is 16.4 Å². The van der Waals surface area contributed by atoms with Crippen LogP contribution in [0.1, 0.15) is 17.5 Å². The summed E-state index contributed by atoms with van der Waals surface area (Å²) < 4.78 is 11.8. The zero-order valence-electron chi connectivity index (χ0n) is 18.9. The van der Waals surface area contributed by atoms with Gasteiger partial charge in [0.25, 0.3) is 11.7 Å². The summed E-state index contributed by atoms with van der Waals surface area (Å²) in [6.45, 7) is 0.965. The van der Waals surface area contributed by atoms with Crippen molar-refractivity contribution < 1.29 is 23.9 Å². The first-order chi connectivity index (χ1) is 17.1. The van der Waals surface area contributed by atoms with E-state index in [1.165, 1.54) is 16.2 Å². The Hall–Kier alpha value is -4.31. The van der Waals surface area contributed by atoms with Crippen molar-refractivity contribution in [1.82, 2.24) is 14.8 Å². The van der Waals surface area contributed by atoms with Crippen molar-refractivity contribution in [3.63, 3.8) is 0 Å². The Morgan fingerprint density at radius 2 is 1.66 bits per heavy atom. The normalized spacial score (nSPS) is 10.5. The summed E-state index contributed by atoms with van der Waals surface area (Å²) in [5.74, 6) is -1.70. The molecule has 10 heteroatoms. The molecule has 2 aromatic heterocycles. The molecule has 0 fully saturated rings. The minimum absolute atomic E-state index is 0.179. The molecule has 9 nitrogen and oxygen atoms in total. The predicted octanol–water partition coefficient (Wildman–Crippen LogP) is 3.75. The molecule has 0 saturated heterocycles. The molecular weight excluding hydrogens is 468 g/mol. The van der Waals surface area contributed by atoms with Crippen LogP contribution in [0.4, 0.5) is 5.69 Å². The van der Waals surface area contributed by atoms with E-state index < -0.39 is 24.5 Å². The largest absolute Gasteiger partial charge is 0.465 e. The van der Waals surface area contributed by atoms with Crippen molar-refractivity contribution in [2.24, 2.45) is 0 Å². The fraction of sp³-hybridized carbons (Fsp3) is 0.160. The highest BCUT2D eigenvalue weighted by Gasteiger charge is 2.24. The van der Waals surface area contributed by atoms with E-state index in [0.717, 1.165) is 10.6 Å². The summed E-state index contributed by atoms with van der Waals surface area (Å²) in [6.07, 6.45) is 0. The lowest BCUT2D eigenvalue weighted by Crippen LogP contribution is -2.39. The van der Waals surface area contributed by atoms with E-state index in [9.17, 15) is 14.4 Å². The molecule has 2 aromatic carbocycles. The van der Waals surface area contributed by atoms with Gasteiger partial charge in [0.1, 0.15) is 6.54 Å². The van der Waals surface area contributed by atoms with Crippen LogP contribution in [0.15, 0.2) is 78.2 Å². The summed E-state index contributed by atoms with van der Waals surface area (Å²) in [7, 11) is 0. The molecule has 0 saturated carbocycles. The van der Waals surface area contributed by atoms with Crippen molar-refractivity contribution in [3.8, 4) is 16.4 Å². The van der Waals surface area contributed by atoms with Gasteiger partial charge in [-0.3, -0.25) is 14.5 Å². The summed E-state index contributed by atoms with van der Waals surface area (Å²) in [6, 6.07) is 21.6. The van der Waals surface area contributed by atoms with Crippen LogP contribution in [-0.2, 0) is 19.1 Å². The Kier molecular flexibility index (Phi) is 7.63. The molecule has 4 aromatic rings. The number of rotatable bonds is 9. The van der Waals surface area contributed by atoms with Crippen LogP contribution >= 0.6 is 11.3 Å². The number of ether oxygens (including phenoxy) is 2. The molecule has 0 radical (unpaired) electrons. The van der Waals surface area contributed by atoms with Gasteiger partial charge in [-0.1, -0.05) is 42.5 Å². The molecular formula is C25H22N4O5S. The number of esters is 2. The Morgan fingerprint density at radius 1 is 0.943 bits per heavy atom. The minimum Gasteiger partial charge on any atom is -0.465 e. The van der Waals surface area contributed by atoms with Gasteiger partial charge in [-0.05, 0) is 42.6 Å². The molecule has 2 heterocycles. The Bertz CT molecular complexity index is 1290. The standard InChI is InChI=1S/C25H22N4O5S/c1-2-33-22(31)16-28(18-10-5-3-6-11-18)21(30)17-34-25(32)23-26-24(20-14-9-15-35-20)29(27-23)19-12-7-4-8-13-19/h3-15H,2,16-17H2,1H3. The Balaban J connectivity index is 1.52. The van der Waals surface area contributed by atoms with E-state index in [-0.39, 0.29) is 19.0 Å². The Morgan fingerprint density at radius 3 is 2.31 bits per heavy atom. The average Bonchev–Trinajstić information content (AvgIpc) is 3.57. The number of aromatic nitrogens is 3. The topological polar surface area (TPSA) is 104 Å². The van der Waals surface area contributed by atoms with Crippen LogP contribution in [0.3, 0.4) is 0 Å². The highest BCUT2D eigenvalue weighted by molar-refractivity contribution is 7.13. The predicted molar refractivity (Wildman–Crippen MR) is 130 cm³/mol. The number of carbonyl (C=O) groups excluding carboxylic acids is 3. The number of anilines is 1. The maximum absolute atomic E-state index is 12.9. The monoisotopic (exact) mass is 490 g/mol. The summed E-state index contributed by atoms with van der Waals surface area (Å²) in [5, 5.41) is 6.23. The van der Waals surface area contributed by atoms with Crippen molar-refractivity contribution >= 4 is 34.9 Å². The SMILES string of the molecule is CCOC(=O)CN(C(=O)COC(=O)c1nc(-c2cccs2)n(-c2ccccc2)n1)c1ccccc1. The van der Waals surface area contributed by atoms with Crippen molar-refractivity contribution in [2.75, 3.05) is 24.7 Å². The fourth-order valence-electron chi connectivity index (χ4n) is 3.25. The number of hydrogen-bond donors (Lipinski definition) is 0. The third-order valence-electron chi connectivity index (χ3n) is 4.82. The molecule has 35 heavy (non-hydrogen) atoms.